The van der Waals surface area contributed by atoms with Crippen molar-refractivity contribution in [3.63, 3.8) is 0 Å². The van der Waals surface area contributed by atoms with Gasteiger partial charge in [0.05, 0.1) is 18.7 Å². The average molecular weight is 274 g/mol. The van der Waals surface area contributed by atoms with E-state index in [9.17, 15) is 0 Å². The molecule has 1 atom stereocenters. The Morgan fingerprint density at radius 3 is 2.85 bits per heavy atom. The molecule has 1 aromatic rings. The summed E-state index contributed by atoms with van der Waals surface area (Å²) >= 11 is 0. The Balaban J connectivity index is 1.94. The van der Waals surface area contributed by atoms with E-state index in [4.69, 9.17) is 14.7 Å². The van der Waals surface area contributed by atoms with Gasteiger partial charge < -0.3 is 14.8 Å². The Morgan fingerprint density at radius 2 is 2.20 bits per heavy atom. The number of hydrogen-bond acceptors (Lipinski definition) is 4. The van der Waals surface area contributed by atoms with Crippen LogP contribution in [0.15, 0.2) is 18.2 Å². The molecule has 1 heterocycles. The van der Waals surface area contributed by atoms with Crippen LogP contribution >= 0.6 is 0 Å². The molecule has 1 fully saturated rings. The second-order valence-electron chi connectivity index (χ2n) is 5.26. The molecule has 1 N–H and O–H groups in total. The maximum Gasteiger partial charge on any atom is 0.124 e. The Hall–Kier alpha value is -1.57. The monoisotopic (exact) mass is 274 g/mol. The third-order valence-corrected chi connectivity index (χ3v) is 4.00. The Labute approximate surface area is 120 Å². The van der Waals surface area contributed by atoms with Crippen molar-refractivity contribution >= 4 is 0 Å². The highest BCUT2D eigenvalue weighted by Gasteiger charge is 2.20. The molecular formula is C16H22N2O2. The van der Waals surface area contributed by atoms with Gasteiger partial charge >= 0.3 is 0 Å². The molecule has 0 aromatic heterocycles. The average Bonchev–Trinajstić information content (AvgIpc) is 2.53. The van der Waals surface area contributed by atoms with E-state index in [1.807, 2.05) is 12.1 Å². The minimum absolute atomic E-state index is 0.458. The first-order valence-electron chi connectivity index (χ1n) is 7.12. The minimum Gasteiger partial charge on any atom is -0.496 e. The molecule has 1 aromatic carbocycles. The molecule has 0 aliphatic carbocycles. The molecule has 4 heteroatoms. The first kappa shape index (κ1) is 14.8. The van der Waals surface area contributed by atoms with Crippen LogP contribution in [0.25, 0.3) is 0 Å². The van der Waals surface area contributed by atoms with Crippen LogP contribution in [0.2, 0.25) is 0 Å². The van der Waals surface area contributed by atoms with Crippen LogP contribution in [0.3, 0.4) is 0 Å². The van der Waals surface area contributed by atoms with E-state index in [1.54, 1.807) is 13.2 Å². The molecule has 0 saturated carbocycles. The molecule has 0 unspecified atom stereocenters. The van der Waals surface area contributed by atoms with Gasteiger partial charge in [-0.1, -0.05) is 6.07 Å². The highest BCUT2D eigenvalue weighted by molar-refractivity contribution is 5.42. The molecule has 0 amide bonds. The van der Waals surface area contributed by atoms with Crippen LogP contribution in [0, 0.1) is 17.2 Å². The van der Waals surface area contributed by atoms with Gasteiger partial charge in [0, 0.05) is 31.4 Å². The molecular weight excluding hydrogens is 252 g/mol. The molecule has 4 nitrogen and oxygen atoms in total. The first-order chi connectivity index (χ1) is 9.74. The van der Waals surface area contributed by atoms with Crippen molar-refractivity contribution in [1.29, 1.82) is 5.26 Å². The van der Waals surface area contributed by atoms with Gasteiger partial charge in [-0.2, -0.15) is 5.26 Å². The maximum atomic E-state index is 8.90. The van der Waals surface area contributed by atoms with Gasteiger partial charge in [-0.25, -0.2) is 0 Å². The van der Waals surface area contributed by atoms with Crippen molar-refractivity contribution in [1.82, 2.24) is 5.32 Å². The first-order valence-corrected chi connectivity index (χ1v) is 7.12. The SMILES string of the molecule is COc1cc(C#N)ccc1CN[C@H](C)C1CCOCC1. The summed E-state index contributed by atoms with van der Waals surface area (Å²) in [6, 6.07) is 8.17. The van der Waals surface area contributed by atoms with Gasteiger partial charge in [0.1, 0.15) is 5.75 Å². The van der Waals surface area contributed by atoms with Crippen LogP contribution in [0.1, 0.15) is 30.9 Å². The predicted octanol–water partition coefficient (Wildman–Crippen LogP) is 2.47. The van der Waals surface area contributed by atoms with Crippen LogP contribution < -0.4 is 10.1 Å². The number of methoxy groups -OCH3 is 1. The van der Waals surface area contributed by atoms with Crippen molar-refractivity contribution < 1.29 is 9.47 Å². The van der Waals surface area contributed by atoms with Gasteiger partial charge in [0.25, 0.3) is 0 Å². The van der Waals surface area contributed by atoms with E-state index in [0.717, 1.165) is 43.9 Å². The molecule has 1 aliphatic rings. The van der Waals surface area contributed by atoms with E-state index in [1.165, 1.54) is 0 Å². The Kier molecular flexibility index (Phi) is 5.40. The number of benzene rings is 1. The summed E-state index contributed by atoms with van der Waals surface area (Å²) < 4.78 is 10.8. The van der Waals surface area contributed by atoms with Gasteiger partial charge in [0.15, 0.2) is 0 Å². The molecule has 0 bridgehead atoms. The highest BCUT2D eigenvalue weighted by atomic mass is 16.5. The second kappa shape index (κ2) is 7.28. The fourth-order valence-corrected chi connectivity index (χ4v) is 2.61. The molecule has 20 heavy (non-hydrogen) atoms. The highest BCUT2D eigenvalue weighted by Crippen LogP contribution is 2.22. The van der Waals surface area contributed by atoms with Gasteiger partial charge in [0.2, 0.25) is 0 Å². The van der Waals surface area contributed by atoms with Crippen molar-refractivity contribution in [3.8, 4) is 11.8 Å². The topological polar surface area (TPSA) is 54.3 Å². The lowest BCUT2D eigenvalue weighted by Gasteiger charge is -2.28. The summed E-state index contributed by atoms with van der Waals surface area (Å²) in [5.41, 5.74) is 1.72. The summed E-state index contributed by atoms with van der Waals surface area (Å²) in [6.07, 6.45) is 2.25. The smallest absolute Gasteiger partial charge is 0.124 e. The Bertz CT molecular complexity index is 476. The number of nitrogens with zero attached hydrogens (tertiary/aromatic N) is 1. The molecule has 2 rings (SSSR count). The molecule has 1 aliphatic heterocycles. The zero-order chi connectivity index (χ0) is 14.4. The summed E-state index contributed by atoms with van der Waals surface area (Å²) in [5.74, 6) is 1.45. The number of hydrogen-bond donors (Lipinski definition) is 1. The minimum atomic E-state index is 0.458. The van der Waals surface area contributed by atoms with E-state index in [-0.39, 0.29) is 0 Å². The van der Waals surface area contributed by atoms with Crippen LogP contribution in [0.5, 0.6) is 5.75 Å². The maximum absolute atomic E-state index is 8.90. The van der Waals surface area contributed by atoms with Gasteiger partial charge in [-0.3, -0.25) is 0 Å². The van der Waals surface area contributed by atoms with Crippen LogP contribution in [0.4, 0.5) is 0 Å². The summed E-state index contributed by atoms with van der Waals surface area (Å²) in [5, 5.41) is 12.5. The number of ether oxygens (including phenoxy) is 2. The predicted molar refractivity (Wildman–Crippen MR) is 77.6 cm³/mol. The van der Waals surface area contributed by atoms with Crippen molar-refractivity contribution in [2.24, 2.45) is 5.92 Å². The third-order valence-electron chi connectivity index (χ3n) is 4.00. The second-order valence-corrected chi connectivity index (χ2v) is 5.26. The molecule has 108 valence electrons. The van der Waals surface area contributed by atoms with Crippen molar-refractivity contribution in [2.45, 2.75) is 32.4 Å². The van der Waals surface area contributed by atoms with Crippen LogP contribution in [-0.4, -0.2) is 26.4 Å². The van der Waals surface area contributed by atoms with E-state index in [2.05, 4.69) is 18.3 Å². The number of nitriles is 1. The normalized spacial score (nSPS) is 17.4. The Morgan fingerprint density at radius 1 is 1.45 bits per heavy atom. The summed E-state index contributed by atoms with van der Waals surface area (Å²) in [7, 11) is 1.64. The lowest BCUT2D eigenvalue weighted by molar-refractivity contribution is 0.0557. The van der Waals surface area contributed by atoms with E-state index < -0.39 is 0 Å². The van der Waals surface area contributed by atoms with Crippen LogP contribution in [-0.2, 0) is 11.3 Å². The molecule has 1 saturated heterocycles. The zero-order valence-corrected chi connectivity index (χ0v) is 12.2. The van der Waals surface area contributed by atoms with E-state index >= 15 is 0 Å². The standard InChI is InChI=1S/C16H22N2O2/c1-12(14-5-7-20-8-6-14)18-11-15-4-3-13(10-17)9-16(15)19-2/h3-4,9,12,14,18H,5-8,11H2,1-2H3/t12-/m1/s1. The largest absolute Gasteiger partial charge is 0.496 e. The van der Waals surface area contributed by atoms with Gasteiger partial charge in [-0.15, -0.1) is 0 Å². The summed E-state index contributed by atoms with van der Waals surface area (Å²) in [6.45, 7) is 4.73. The number of rotatable bonds is 5. The summed E-state index contributed by atoms with van der Waals surface area (Å²) in [4.78, 5) is 0. The zero-order valence-electron chi connectivity index (χ0n) is 12.2. The lowest BCUT2D eigenvalue weighted by Crippen LogP contribution is -2.36. The van der Waals surface area contributed by atoms with Crippen molar-refractivity contribution in [3.05, 3.63) is 29.3 Å². The fourth-order valence-electron chi connectivity index (χ4n) is 2.61. The quantitative estimate of drug-likeness (QED) is 0.896. The van der Waals surface area contributed by atoms with Gasteiger partial charge in [-0.05, 0) is 37.8 Å². The third kappa shape index (κ3) is 3.72. The fraction of sp³-hybridized carbons (Fsp3) is 0.562. The van der Waals surface area contributed by atoms with E-state index in [0.29, 0.717) is 17.5 Å². The lowest BCUT2D eigenvalue weighted by atomic mass is 9.93. The van der Waals surface area contributed by atoms with Crippen molar-refractivity contribution in [2.75, 3.05) is 20.3 Å². The number of nitrogens with one attached hydrogen (secondary N) is 1. The molecule has 0 radical (unpaired) electrons. The molecule has 0 spiro atoms.